The number of benzene rings is 1. The van der Waals surface area contributed by atoms with Crippen molar-refractivity contribution >= 4 is 28.3 Å². The van der Waals surface area contributed by atoms with E-state index in [1.165, 1.54) is 16.2 Å². The van der Waals surface area contributed by atoms with Crippen molar-refractivity contribution in [3.8, 4) is 17.9 Å². The molecule has 0 saturated heterocycles. The molecule has 0 fully saturated rings. The van der Waals surface area contributed by atoms with Crippen molar-refractivity contribution in [1.29, 1.82) is 10.5 Å². The Morgan fingerprint density at radius 2 is 2.10 bits per heavy atom. The van der Waals surface area contributed by atoms with Gasteiger partial charge in [-0.3, -0.25) is 4.79 Å². The number of fused-ring (bicyclic) bond motifs is 1. The highest BCUT2D eigenvalue weighted by Gasteiger charge is 2.25. The molecule has 5 nitrogen and oxygen atoms in total. The Bertz CT molecular complexity index is 1020. The Morgan fingerprint density at radius 3 is 2.77 bits per heavy atom. The molecule has 1 N–H and O–H groups in total. The molecule has 154 valence electrons. The van der Waals surface area contributed by atoms with Crippen LogP contribution in [0, 0.1) is 28.6 Å². The molecule has 1 aliphatic rings. The van der Waals surface area contributed by atoms with Crippen LogP contribution in [0.2, 0.25) is 0 Å². The molecule has 3 rings (SSSR count). The minimum atomic E-state index is -0.496. The van der Waals surface area contributed by atoms with Gasteiger partial charge < -0.3 is 10.1 Å². The Hall–Kier alpha value is -3.09. The zero-order chi connectivity index (χ0) is 21.5. The predicted octanol–water partition coefficient (Wildman–Crippen LogP) is 5.47. The van der Waals surface area contributed by atoms with Crippen molar-refractivity contribution in [3.63, 3.8) is 0 Å². The van der Waals surface area contributed by atoms with Crippen LogP contribution in [-0.4, -0.2) is 12.5 Å². The molecule has 1 atom stereocenters. The Balaban J connectivity index is 1.74. The lowest BCUT2D eigenvalue weighted by atomic mass is 9.88. The molecule has 1 unspecified atom stereocenters. The van der Waals surface area contributed by atoms with E-state index in [0.717, 1.165) is 49.0 Å². The number of nitriles is 2. The standard InChI is InChI=1S/C24H25N3O2S/c1-3-4-11-29-19-8-6-17(7-9-19)13-18(14-25)23(28)27-24-21(15-26)20-10-5-16(2)12-22(20)30-24/h6-9,13,16H,3-5,10-12H2,1-2H3,(H,27,28)/b18-13+. The fourth-order valence-electron chi connectivity index (χ4n) is 3.44. The molecule has 0 radical (unpaired) electrons. The van der Waals surface area contributed by atoms with Crippen LogP contribution in [0.5, 0.6) is 5.75 Å². The minimum absolute atomic E-state index is 0.00159. The molecule has 0 aliphatic heterocycles. The predicted molar refractivity (Wildman–Crippen MR) is 119 cm³/mol. The number of carbonyl (C=O) groups is 1. The van der Waals surface area contributed by atoms with E-state index in [4.69, 9.17) is 4.74 Å². The lowest BCUT2D eigenvalue weighted by molar-refractivity contribution is -0.112. The van der Waals surface area contributed by atoms with Gasteiger partial charge in [0.2, 0.25) is 0 Å². The smallest absolute Gasteiger partial charge is 0.266 e. The topological polar surface area (TPSA) is 85.9 Å². The highest BCUT2D eigenvalue weighted by molar-refractivity contribution is 7.16. The zero-order valence-corrected chi connectivity index (χ0v) is 18.1. The summed E-state index contributed by atoms with van der Waals surface area (Å²) in [5.74, 6) is 0.847. The molecule has 0 bridgehead atoms. The van der Waals surface area contributed by atoms with Crippen LogP contribution in [0.3, 0.4) is 0 Å². The van der Waals surface area contributed by atoms with Crippen LogP contribution in [-0.2, 0) is 17.6 Å². The molecule has 1 aromatic carbocycles. The highest BCUT2D eigenvalue weighted by Crippen LogP contribution is 2.39. The maximum Gasteiger partial charge on any atom is 0.266 e. The van der Waals surface area contributed by atoms with Crippen molar-refractivity contribution in [3.05, 3.63) is 51.4 Å². The van der Waals surface area contributed by atoms with Crippen molar-refractivity contribution < 1.29 is 9.53 Å². The van der Waals surface area contributed by atoms with E-state index in [1.54, 1.807) is 6.08 Å². The minimum Gasteiger partial charge on any atom is -0.494 e. The molecule has 1 amide bonds. The van der Waals surface area contributed by atoms with Crippen LogP contribution >= 0.6 is 11.3 Å². The van der Waals surface area contributed by atoms with Crippen LogP contribution in [0.15, 0.2) is 29.8 Å². The van der Waals surface area contributed by atoms with Gasteiger partial charge in [-0.25, -0.2) is 0 Å². The maximum absolute atomic E-state index is 12.7. The second-order valence-electron chi connectivity index (χ2n) is 7.56. The second kappa shape index (κ2) is 10.1. The van der Waals surface area contributed by atoms with Gasteiger partial charge in [-0.15, -0.1) is 11.3 Å². The molecular weight excluding hydrogens is 394 g/mol. The lowest BCUT2D eigenvalue weighted by Gasteiger charge is -2.17. The molecule has 2 aromatic rings. The maximum atomic E-state index is 12.7. The third kappa shape index (κ3) is 5.09. The summed E-state index contributed by atoms with van der Waals surface area (Å²) in [6.45, 7) is 4.98. The molecule has 1 heterocycles. The normalized spacial score (nSPS) is 15.6. The van der Waals surface area contributed by atoms with Gasteiger partial charge in [-0.2, -0.15) is 10.5 Å². The number of hydrogen-bond acceptors (Lipinski definition) is 5. The van der Waals surface area contributed by atoms with E-state index in [1.807, 2.05) is 30.3 Å². The fourth-order valence-corrected chi connectivity index (χ4v) is 4.79. The SMILES string of the molecule is CCCCOc1ccc(/C=C(\C#N)C(=O)Nc2sc3c(c2C#N)CCC(C)C3)cc1. The van der Waals surface area contributed by atoms with Gasteiger partial charge in [0.25, 0.3) is 5.91 Å². The first-order valence-corrected chi connectivity index (χ1v) is 11.1. The number of hydrogen-bond donors (Lipinski definition) is 1. The van der Waals surface area contributed by atoms with Gasteiger partial charge in [-0.1, -0.05) is 32.4 Å². The van der Waals surface area contributed by atoms with Gasteiger partial charge in [0.05, 0.1) is 12.2 Å². The average Bonchev–Trinajstić information content (AvgIpc) is 3.08. The molecule has 1 aliphatic carbocycles. The number of carbonyl (C=O) groups excluding carboxylic acids is 1. The Labute approximate surface area is 181 Å². The first-order chi connectivity index (χ1) is 14.5. The van der Waals surface area contributed by atoms with Crippen molar-refractivity contribution in [2.75, 3.05) is 11.9 Å². The van der Waals surface area contributed by atoms with Crippen LogP contribution in [0.4, 0.5) is 5.00 Å². The summed E-state index contributed by atoms with van der Waals surface area (Å²) in [5, 5.41) is 22.4. The van der Waals surface area contributed by atoms with Crippen LogP contribution < -0.4 is 10.1 Å². The molecule has 30 heavy (non-hydrogen) atoms. The monoisotopic (exact) mass is 419 g/mol. The van der Waals surface area contributed by atoms with Gasteiger partial charge >= 0.3 is 0 Å². The van der Waals surface area contributed by atoms with Crippen molar-refractivity contribution in [2.45, 2.75) is 46.0 Å². The number of anilines is 1. The van der Waals surface area contributed by atoms with E-state index >= 15 is 0 Å². The van der Waals surface area contributed by atoms with Crippen LogP contribution in [0.1, 0.15) is 54.7 Å². The van der Waals surface area contributed by atoms with Gasteiger partial charge in [0.15, 0.2) is 0 Å². The largest absolute Gasteiger partial charge is 0.494 e. The number of amides is 1. The molecule has 6 heteroatoms. The van der Waals surface area contributed by atoms with E-state index in [9.17, 15) is 15.3 Å². The Morgan fingerprint density at radius 1 is 1.33 bits per heavy atom. The summed E-state index contributed by atoms with van der Waals surface area (Å²) in [6, 6.07) is 11.5. The number of unbranched alkanes of at least 4 members (excludes halogenated alkanes) is 1. The third-order valence-corrected chi connectivity index (χ3v) is 6.34. The first kappa shape index (κ1) is 21.6. The molecule has 1 aromatic heterocycles. The Kier molecular flexibility index (Phi) is 7.27. The molecule has 0 spiro atoms. The second-order valence-corrected chi connectivity index (χ2v) is 8.67. The van der Waals surface area contributed by atoms with E-state index in [0.29, 0.717) is 23.1 Å². The lowest BCUT2D eigenvalue weighted by Crippen LogP contribution is -2.13. The fraction of sp³-hybridized carbons (Fsp3) is 0.375. The summed E-state index contributed by atoms with van der Waals surface area (Å²) < 4.78 is 5.64. The van der Waals surface area contributed by atoms with Gasteiger partial charge in [0, 0.05) is 4.88 Å². The number of rotatable bonds is 7. The number of nitrogens with one attached hydrogen (secondary N) is 1. The number of thiophene rings is 1. The van der Waals surface area contributed by atoms with Crippen molar-refractivity contribution in [1.82, 2.24) is 0 Å². The summed E-state index contributed by atoms with van der Waals surface area (Å²) in [4.78, 5) is 13.9. The quantitative estimate of drug-likeness (QED) is 0.366. The van der Waals surface area contributed by atoms with Gasteiger partial charge in [0.1, 0.15) is 28.5 Å². The number of ether oxygens (including phenoxy) is 1. The van der Waals surface area contributed by atoms with E-state index < -0.39 is 5.91 Å². The summed E-state index contributed by atoms with van der Waals surface area (Å²) >= 11 is 1.46. The van der Waals surface area contributed by atoms with Gasteiger partial charge in [-0.05, 0) is 60.9 Å². The number of nitrogens with zero attached hydrogens (tertiary/aromatic N) is 2. The summed E-state index contributed by atoms with van der Waals surface area (Å²) in [6.07, 6.45) is 6.45. The van der Waals surface area contributed by atoms with Crippen molar-refractivity contribution in [2.24, 2.45) is 5.92 Å². The molecule has 0 saturated carbocycles. The van der Waals surface area contributed by atoms with E-state index in [2.05, 4.69) is 25.2 Å². The summed E-state index contributed by atoms with van der Waals surface area (Å²) in [5.41, 5.74) is 2.33. The first-order valence-electron chi connectivity index (χ1n) is 10.3. The average molecular weight is 420 g/mol. The highest BCUT2D eigenvalue weighted by atomic mass is 32.1. The molecular formula is C24H25N3O2S. The summed E-state index contributed by atoms with van der Waals surface area (Å²) in [7, 11) is 0. The zero-order valence-electron chi connectivity index (χ0n) is 17.3. The van der Waals surface area contributed by atoms with Crippen LogP contribution in [0.25, 0.3) is 6.08 Å². The third-order valence-electron chi connectivity index (χ3n) is 5.17. The van der Waals surface area contributed by atoms with E-state index in [-0.39, 0.29) is 5.57 Å².